The van der Waals surface area contributed by atoms with E-state index in [2.05, 4.69) is 37.6 Å². The van der Waals surface area contributed by atoms with Gasteiger partial charge in [-0.05, 0) is 30.3 Å². The zero-order chi connectivity index (χ0) is 11.8. The van der Waals surface area contributed by atoms with E-state index in [0.29, 0.717) is 6.54 Å². The van der Waals surface area contributed by atoms with Gasteiger partial charge in [0.05, 0.1) is 23.1 Å². The minimum absolute atomic E-state index is 0.577. The highest BCUT2D eigenvalue weighted by Crippen LogP contribution is 2.29. The first-order valence-electron chi connectivity index (χ1n) is 5.32. The normalized spacial score (nSPS) is 11.1. The van der Waals surface area contributed by atoms with E-state index in [1.54, 1.807) is 6.20 Å². The van der Waals surface area contributed by atoms with Gasteiger partial charge in [0.2, 0.25) is 0 Å². The maximum absolute atomic E-state index is 7.30. The van der Waals surface area contributed by atoms with E-state index in [4.69, 9.17) is 5.41 Å². The summed E-state index contributed by atoms with van der Waals surface area (Å²) in [7, 11) is 0. The smallest absolute Gasteiger partial charge is 0.0960 e. The van der Waals surface area contributed by atoms with Crippen molar-refractivity contribution in [1.29, 1.82) is 5.41 Å². The molecular formula is C13H10BrN3. The molecule has 2 heterocycles. The van der Waals surface area contributed by atoms with Crippen LogP contribution >= 0.6 is 15.9 Å². The standard InChI is InChI=1S/C13H10BrN3/c14-9-3-4-11-10(8-9)13-12(2-1-6-16-13)17(11)7-5-15/h1-6,8,15H,7H2. The van der Waals surface area contributed by atoms with Crippen LogP contribution < -0.4 is 0 Å². The molecule has 3 rings (SSSR count). The van der Waals surface area contributed by atoms with Gasteiger partial charge < -0.3 is 9.98 Å². The molecule has 0 radical (unpaired) electrons. The Balaban J connectivity index is 2.52. The van der Waals surface area contributed by atoms with Gasteiger partial charge >= 0.3 is 0 Å². The summed E-state index contributed by atoms with van der Waals surface area (Å²) in [4.78, 5) is 4.44. The number of aromatic nitrogens is 2. The van der Waals surface area contributed by atoms with Crippen LogP contribution in [0.4, 0.5) is 0 Å². The lowest BCUT2D eigenvalue weighted by Crippen LogP contribution is -1.97. The quantitative estimate of drug-likeness (QED) is 0.719. The Morgan fingerprint density at radius 2 is 2.18 bits per heavy atom. The molecule has 0 fully saturated rings. The second kappa shape index (κ2) is 3.96. The Kier molecular flexibility index (Phi) is 2.44. The first-order valence-corrected chi connectivity index (χ1v) is 6.12. The average Bonchev–Trinajstić information content (AvgIpc) is 2.65. The van der Waals surface area contributed by atoms with Gasteiger partial charge in [-0.25, -0.2) is 0 Å². The van der Waals surface area contributed by atoms with Crippen LogP contribution in [0.2, 0.25) is 0 Å². The number of hydrogen-bond donors (Lipinski definition) is 1. The van der Waals surface area contributed by atoms with Crippen LogP contribution in [0.5, 0.6) is 0 Å². The van der Waals surface area contributed by atoms with Crippen LogP contribution in [0.1, 0.15) is 0 Å². The number of hydrogen-bond acceptors (Lipinski definition) is 2. The van der Waals surface area contributed by atoms with E-state index >= 15 is 0 Å². The van der Waals surface area contributed by atoms with E-state index in [0.717, 1.165) is 26.4 Å². The van der Waals surface area contributed by atoms with Gasteiger partial charge in [0, 0.05) is 22.3 Å². The number of nitrogens with zero attached hydrogens (tertiary/aromatic N) is 2. The Hall–Kier alpha value is -1.68. The van der Waals surface area contributed by atoms with E-state index in [1.807, 2.05) is 18.2 Å². The van der Waals surface area contributed by atoms with Crippen molar-refractivity contribution in [3.8, 4) is 0 Å². The van der Waals surface area contributed by atoms with Crippen molar-refractivity contribution in [3.05, 3.63) is 41.0 Å². The third-order valence-corrected chi connectivity index (χ3v) is 3.35. The molecule has 0 atom stereocenters. The molecule has 0 spiro atoms. The van der Waals surface area contributed by atoms with Crippen molar-refractivity contribution in [1.82, 2.24) is 9.55 Å². The van der Waals surface area contributed by atoms with Gasteiger partial charge in [-0.2, -0.15) is 0 Å². The van der Waals surface area contributed by atoms with Crippen LogP contribution in [0.3, 0.4) is 0 Å². The minimum Gasteiger partial charge on any atom is -0.334 e. The summed E-state index contributed by atoms with van der Waals surface area (Å²) in [5.41, 5.74) is 3.18. The number of rotatable bonds is 2. The van der Waals surface area contributed by atoms with E-state index < -0.39 is 0 Å². The molecule has 0 aliphatic heterocycles. The zero-order valence-electron chi connectivity index (χ0n) is 9.02. The van der Waals surface area contributed by atoms with Crippen LogP contribution in [0.25, 0.3) is 21.9 Å². The van der Waals surface area contributed by atoms with Gasteiger partial charge in [0.1, 0.15) is 0 Å². The number of pyridine rings is 1. The molecule has 3 aromatic rings. The highest BCUT2D eigenvalue weighted by atomic mass is 79.9. The van der Waals surface area contributed by atoms with E-state index in [1.165, 1.54) is 6.21 Å². The SMILES string of the molecule is N=CCn1c2ccc(Br)cc2c2ncccc21. The monoisotopic (exact) mass is 287 g/mol. The summed E-state index contributed by atoms with van der Waals surface area (Å²) in [5.74, 6) is 0. The van der Waals surface area contributed by atoms with Crippen molar-refractivity contribution in [2.75, 3.05) is 0 Å². The van der Waals surface area contributed by atoms with Crippen molar-refractivity contribution in [2.45, 2.75) is 6.54 Å². The molecular weight excluding hydrogens is 278 g/mol. The molecule has 0 bridgehead atoms. The van der Waals surface area contributed by atoms with Gasteiger partial charge in [-0.1, -0.05) is 15.9 Å². The summed E-state index contributed by atoms with van der Waals surface area (Å²) >= 11 is 3.48. The van der Waals surface area contributed by atoms with E-state index in [-0.39, 0.29) is 0 Å². The molecule has 0 saturated heterocycles. The van der Waals surface area contributed by atoms with E-state index in [9.17, 15) is 0 Å². The fourth-order valence-corrected chi connectivity index (χ4v) is 2.53. The molecule has 0 aliphatic carbocycles. The second-order valence-corrected chi connectivity index (χ2v) is 4.76. The maximum atomic E-state index is 7.30. The lowest BCUT2D eigenvalue weighted by molar-refractivity contribution is 0.944. The van der Waals surface area contributed by atoms with Crippen molar-refractivity contribution < 1.29 is 0 Å². The number of fused-ring (bicyclic) bond motifs is 3. The maximum Gasteiger partial charge on any atom is 0.0960 e. The highest BCUT2D eigenvalue weighted by molar-refractivity contribution is 9.10. The molecule has 1 N–H and O–H groups in total. The lowest BCUT2D eigenvalue weighted by atomic mass is 10.2. The summed E-state index contributed by atoms with van der Waals surface area (Å²) in [6.45, 7) is 0.577. The molecule has 4 heteroatoms. The third kappa shape index (κ3) is 1.56. The van der Waals surface area contributed by atoms with Gasteiger partial charge in [-0.3, -0.25) is 4.98 Å². The molecule has 3 nitrogen and oxygen atoms in total. The predicted molar refractivity (Wildman–Crippen MR) is 73.7 cm³/mol. The first-order chi connectivity index (χ1) is 8.31. The van der Waals surface area contributed by atoms with Gasteiger partial charge in [0.15, 0.2) is 0 Å². The van der Waals surface area contributed by atoms with Crippen LogP contribution in [0, 0.1) is 5.41 Å². The number of halogens is 1. The summed E-state index contributed by atoms with van der Waals surface area (Å²) < 4.78 is 3.15. The molecule has 0 unspecified atom stereocenters. The predicted octanol–water partition coefficient (Wildman–Crippen LogP) is 3.60. The van der Waals surface area contributed by atoms with Crippen LogP contribution in [0.15, 0.2) is 41.0 Å². The molecule has 0 amide bonds. The van der Waals surface area contributed by atoms with Gasteiger partial charge in [0.25, 0.3) is 0 Å². The molecule has 1 aromatic carbocycles. The van der Waals surface area contributed by atoms with Crippen LogP contribution in [-0.2, 0) is 6.54 Å². The summed E-state index contributed by atoms with van der Waals surface area (Å²) in [6, 6.07) is 10.1. The first kappa shape index (κ1) is 10.5. The Labute approximate surface area is 107 Å². The van der Waals surface area contributed by atoms with Crippen LogP contribution in [-0.4, -0.2) is 15.8 Å². The molecule has 17 heavy (non-hydrogen) atoms. The van der Waals surface area contributed by atoms with Crippen molar-refractivity contribution >= 4 is 44.1 Å². The van der Waals surface area contributed by atoms with Crippen molar-refractivity contribution in [3.63, 3.8) is 0 Å². The minimum atomic E-state index is 0.577. The highest BCUT2D eigenvalue weighted by Gasteiger charge is 2.10. The van der Waals surface area contributed by atoms with Crippen molar-refractivity contribution in [2.24, 2.45) is 0 Å². The zero-order valence-corrected chi connectivity index (χ0v) is 10.6. The largest absolute Gasteiger partial charge is 0.334 e. The third-order valence-electron chi connectivity index (χ3n) is 2.86. The number of benzene rings is 1. The molecule has 0 aliphatic rings. The Morgan fingerprint density at radius 1 is 1.29 bits per heavy atom. The van der Waals surface area contributed by atoms with Gasteiger partial charge in [-0.15, -0.1) is 0 Å². The molecule has 2 aromatic heterocycles. The Bertz CT molecular complexity index is 715. The average molecular weight is 288 g/mol. The number of nitrogens with one attached hydrogen (secondary N) is 1. The summed E-state index contributed by atoms with van der Waals surface area (Å²) in [6.07, 6.45) is 3.21. The fourth-order valence-electron chi connectivity index (χ4n) is 2.17. The topological polar surface area (TPSA) is 41.7 Å². The lowest BCUT2D eigenvalue weighted by Gasteiger charge is -2.01. The molecule has 0 saturated carbocycles. The second-order valence-electron chi connectivity index (χ2n) is 3.85. The fraction of sp³-hybridized carbons (Fsp3) is 0.0769. The molecule has 84 valence electrons. The summed E-state index contributed by atoms with van der Waals surface area (Å²) in [5, 5.41) is 8.42. The Morgan fingerprint density at radius 3 is 3.00 bits per heavy atom.